The zero-order valence-corrected chi connectivity index (χ0v) is 18.2. The van der Waals surface area contributed by atoms with Crippen molar-refractivity contribution in [2.45, 2.75) is 37.5 Å². The summed E-state index contributed by atoms with van der Waals surface area (Å²) >= 11 is 0. The van der Waals surface area contributed by atoms with E-state index < -0.39 is 10.0 Å². The molecule has 2 aliphatic rings. The number of sulfonamides is 1. The average Bonchev–Trinajstić information content (AvgIpc) is 3.28. The van der Waals surface area contributed by atoms with E-state index in [2.05, 4.69) is 14.9 Å². The molecular weight excluding hydrogens is 424 g/mol. The lowest BCUT2D eigenvalue weighted by Crippen LogP contribution is -2.48. The molecule has 0 bridgehead atoms. The summed E-state index contributed by atoms with van der Waals surface area (Å²) in [6.07, 6.45) is 2.36. The lowest BCUT2D eigenvalue weighted by Gasteiger charge is -2.36. The van der Waals surface area contributed by atoms with Crippen molar-refractivity contribution in [3.8, 4) is 0 Å². The van der Waals surface area contributed by atoms with E-state index in [1.165, 1.54) is 10.4 Å². The van der Waals surface area contributed by atoms with E-state index in [0.29, 0.717) is 38.1 Å². The Labute approximate surface area is 180 Å². The van der Waals surface area contributed by atoms with Gasteiger partial charge in [-0.15, -0.1) is 0 Å². The van der Waals surface area contributed by atoms with E-state index in [1.54, 1.807) is 24.0 Å². The van der Waals surface area contributed by atoms with E-state index in [0.717, 1.165) is 12.8 Å². The lowest BCUT2D eigenvalue weighted by atomic mass is 9.93. The number of likely N-dealkylation sites (tertiary alicyclic amines) is 1. The number of hydrogen-bond acceptors (Lipinski definition) is 8. The van der Waals surface area contributed by atoms with E-state index in [-0.39, 0.29) is 47.2 Å². The quantitative estimate of drug-likeness (QED) is 0.627. The number of piperidine rings is 2. The first kappa shape index (κ1) is 21.7. The Morgan fingerprint density at radius 2 is 1.90 bits per heavy atom. The van der Waals surface area contributed by atoms with Crippen molar-refractivity contribution in [2.24, 2.45) is 11.8 Å². The van der Waals surface area contributed by atoms with Crippen LogP contribution in [-0.2, 0) is 24.3 Å². The van der Waals surface area contributed by atoms with Crippen molar-refractivity contribution in [1.82, 2.24) is 19.5 Å². The molecule has 2 saturated heterocycles. The molecule has 0 aliphatic carbocycles. The van der Waals surface area contributed by atoms with Crippen molar-refractivity contribution < 1.29 is 27.4 Å². The van der Waals surface area contributed by atoms with Gasteiger partial charge in [0.15, 0.2) is 5.52 Å². The fraction of sp³-hybridized carbons (Fsp3) is 0.600. The SMILES string of the molecule is CCOC(=O)C1CCCN(C(=O)C2CCN(S(=O)(=O)c3cccc4nonc34)CC2)C1. The number of hydrogen-bond donors (Lipinski definition) is 0. The van der Waals surface area contributed by atoms with Crippen molar-refractivity contribution in [3.05, 3.63) is 18.2 Å². The number of aromatic nitrogens is 2. The molecule has 2 fully saturated rings. The third kappa shape index (κ3) is 4.29. The Morgan fingerprint density at radius 1 is 1.13 bits per heavy atom. The topological polar surface area (TPSA) is 123 Å². The number of benzene rings is 1. The number of esters is 1. The third-order valence-corrected chi connectivity index (χ3v) is 7.95. The molecule has 11 heteroatoms. The first-order valence-corrected chi connectivity index (χ1v) is 12.0. The van der Waals surface area contributed by atoms with E-state index in [9.17, 15) is 18.0 Å². The minimum absolute atomic E-state index is 0.00570. The van der Waals surface area contributed by atoms with Gasteiger partial charge in [-0.2, -0.15) is 4.31 Å². The molecule has 0 N–H and O–H groups in total. The molecule has 1 aromatic carbocycles. The van der Waals surface area contributed by atoms with Gasteiger partial charge in [-0.1, -0.05) is 6.07 Å². The van der Waals surface area contributed by atoms with Crippen LogP contribution in [0.5, 0.6) is 0 Å². The summed E-state index contributed by atoms with van der Waals surface area (Å²) in [7, 11) is -3.77. The minimum atomic E-state index is -3.77. The number of carbonyl (C=O) groups excluding carboxylic acids is 2. The maximum absolute atomic E-state index is 13.1. The second-order valence-electron chi connectivity index (χ2n) is 7.94. The van der Waals surface area contributed by atoms with Gasteiger partial charge in [0.2, 0.25) is 15.9 Å². The van der Waals surface area contributed by atoms with Crippen molar-refractivity contribution in [3.63, 3.8) is 0 Å². The highest BCUT2D eigenvalue weighted by atomic mass is 32.2. The fourth-order valence-corrected chi connectivity index (χ4v) is 5.97. The van der Waals surface area contributed by atoms with Crippen LogP contribution in [0.3, 0.4) is 0 Å². The molecule has 1 unspecified atom stereocenters. The van der Waals surface area contributed by atoms with E-state index in [4.69, 9.17) is 4.74 Å². The predicted molar refractivity (Wildman–Crippen MR) is 109 cm³/mol. The zero-order chi connectivity index (χ0) is 22.0. The van der Waals surface area contributed by atoms with E-state index >= 15 is 0 Å². The molecule has 3 heterocycles. The van der Waals surface area contributed by atoms with Crippen molar-refractivity contribution >= 4 is 32.9 Å². The second-order valence-corrected chi connectivity index (χ2v) is 9.85. The summed E-state index contributed by atoms with van der Waals surface area (Å²) in [5, 5.41) is 7.43. The highest BCUT2D eigenvalue weighted by Gasteiger charge is 2.37. The number of nitrogens with zero attached hydrogens (tertiary/aromatic N) is 4. The Hall–Kier alpha value is -2.53. The number of rotatable bonds is 5. The summed E-state index contributed by atoms with van der Waals surface area (Å²) in [5.74, 6) is -0.794. The highest BCUT2D eigenvalue weighted by molar-refractivity contribution is 7.89. The fourth-order valence-electron chi connectivity index (χ4n) is 4.36. The highest BCUT2D eigenvalue weighted by Crippen LogP contribution is 2.29. The number of fused-ring (bicyclic) bond motifs is 1. The van der Waals surface area contributed by atoms with Crippen molar-refractivity contribution in [2.75, 3.05) is 32.8 Å². The maximum Gasteiger partial charge on any atom is 0.310 e. The standard InChI is InChI=1S/C20H26N4O6S/c1-2-29-20(26)15-5-4-10-23(13-15)19(25)14-8-11-24(12-9-14)31(27,28)17-7-3-6-16-18(17)22-30-21-16/h3,6-7,14-15H,2,4-5,8-13H2,1H3. The number of amides is 1. The zero-order valence-electron chi connectivity index (χ0n) is 17.4. The summed E-state index contributed by atoms with van der Waals surface area (Å²) < 4.78 is 37.4. The summed E-state index contributed by atoms with van der Waals surface area (Å²) in [6.45, 7) is 3.58. The molecule has 1 aromatic heterocycles. The molecule has 10 nitrogen and oxygen atoms in total. The Kier molecular flexibility index (Phi) is 6.24. The Morgan fingerprint density at radius 3 is 2.65 bits per heavy atom. The van der Waals surface area contributed by atoms with Crippen LogP contribution in [0.25, 0.3) is 11.0 Å². The summed E-state index contributed by atoms with van der Waals surface area (Å²) in [6, 6.07) is 4.73. The van der Waals surface area contributed by atoms with Crippen LogP contribution >= 0.6 is 0 Å². The van der Waals surface area contributed by atoms with Crippen LogP contribution in [0.2, 0.25) is 0 Å². The first-order valence-electron chi connectivity index (χ1n) is 10.6. The van der Waals surface area contributed by atoms with Gasteiger partial charge in [0, 0.05) is 32.1 Å². The van der Waals surface area contributed by atoms with Crippen molar-refractivity contribution in [1.29, 1.82) is 0 Å². The van der Waals surface area contributed by atoms with Crippen LogP contribution in [0.1, 0.15) is 32.6 Å². The van der Waals surface area contributed by atoms with E-state index in [1.807, 2.05) is 0 Å². The first-order chi connectivity index (χ1) is 14.9. The second kappa shape index (κ2) is 8.91. The van der Waals surface area contributed by atoms with Crippen LogP contribution in [0.4, 0.5) is 0 Å². The van der Waals surface area contributed by atoms with Crippen LogP contribution < -0.4 is 0 Å². The smallest absolute Gasteiger partial charge is 0.310 e. The molecule has 0 saturated carbocycles. The molecule has 168 valence electrons. The van der Waals surface area contributed by atoms with Gasteiger partial charge in [-0.05, 0) is 55.1 Å². The van der Waals surface area contributed by atoms with Gasteiger partial charge >= 0.3 is 5.97 Å². The average molecular weight is 451 g/mol. The van der Waals surface area contributed by atoms with Crippen LogP contribution in [0.15, 0.2) is 27.7 Å². The largest absolute Gasteiger partial charge is 0.466 e. The van der Waals surface area contributed by atoms with Gasteiger partial charge < -0.3 is 9.64 Å². The normalized spacial score (nSPS) is 21.3. The molecule has 4 rings (SSSR count). The molecule has 2 aromatic rings. The number of carbonyl (C=O) groups is 2. The predicted octanol–water partition coefficient (Wildman–Crippen LogP) is 1.43. The van der Waals surface area contributed by atoms with Gasteiger partial charge in [0.25, 0.3) is 0 Å². The van der Waals surface area contributed by atoms with Gasteiger partial charge in [-0.3, -0.25) is 9.59 Å². The Balaban J connectivity index is 1.40. The molecule has 2 aliphatic heterocycles. The molecule has 0 radical (unpaired) electrons. The monoisotopic (exact) mass is 450 g/mol. The molecule has 1 atom stereocenters. The Bertz CT molecular complexity index is 1060. The lowest BCUT2D eigenvalue weighted by molar-refractivity contribution is -0.152. The minimum Gasteiger partial charge on any atom is -0.466 e. The van der Waals surface area contributed by atoms with Gasteiger partial charge in [-0.25, -0.2) is 13.0 Å². The molecule has 31 heavy (non-hydrogen) atoms. The number of ether oxygens (including phenoxy) is 1. The molecular formula is C20H26N4O6S. The molecule has 1 amide bonds. The summed E-state index contributed by atoms with van der Waals surface area (Å²) in [4.78, 5) is 26.9. The van der Waals surface area contributed by atoms with Gasteiger partial charge in [0.1, 0.15) is 10.4 Å². The van der Waals surface area contributed by atoms with Crippen LogP contribution in [0, 0.1) is 11.8 Å². The van der Waals surface area contributed by atoms with Crippen LogP contribution in [-0.4, -0.2) is 72.6 Å². The third-order valence-electron chi connectivity index (χ3n) is 6.02. The maximum atomic E-state index is 13.1. The summed E-state index contributed by atoms with van der Waals surface area (Å²) in [5.41, 5.74) is 0.589. The van der Waals surface area contributed by atoms with Gasteiger partial charge in [0.05, 0.1) is 12.5 Å². The molecule has 0 spiro atoms.